The van der Waals surface area contributed by atoms with Crippen LogP contribution in [-0.2, 0) is 0 Å². The van der Waals surface area contributed by atoms with Crippen molar-refractivity contribution in [3.8, 4) is 11.4 Å². The zero-order valence-electron chi connectivity index (χ0n) is 11.0. The van der Waals surface area contributed by atoms with E-state index in [-0.39, 0.29) is 5.82 Å². The summed E-state index contributed by atoms with van der Waals surface area (Å²) < 4.78 is 13.1. The van der Waals surface area contributed by atoms with Gasteiger partial charge in [-0.15, -0.1) is 0 Å². The molecule has 1 aromatic carbocycles. The average molecular weight is 245 g/mol. The van der Waals surface area contributed by atoms with Crippen LogP contribution in [0.25, 0.3) is 11.4 Å². The Bertz CT molecular complexity index is 594. The predicted molar refractivity (Wildman–Crippen MR) is 71.2 cm³/mol. The molecule has 2 aromatic rings. The maximum atomic E-state index is 13.1. The van der Waals surface area contributed by atoms with Gasteiger partial charge in [-0.2, -0.15) is 0 Å². The first kappa shape index (κ1) is 12.5. The quantitative estimate of drug-likeness (QED) is 0.882. The van der Waals surface area contributed by atoms with Gasteiger partial charge >= 0.3 is 0 Å². The van der Waals surface area contributed by atoms with E-state index in [1.54, 1.807) is 6.07 Å². The molecule has 1 heterocycles. The second-order valence-corrected chi connectivity index (χ2v) is 4.32. The van der Waals surface area contributed by atoms with Crippen LogP contribution in [0.15, 0.2) is 18.2 Å². The van der Waals surface area contributed by atoms with Crippen LogP contribution >= 0.6 is 0 Å². The Kier molecular flexibility index (Phi) is 3.28. The van der Waals surface area contributed by atoms with Gasteiger partial charge in [-0.05, 0) is 44.5 Å². The van der Waals surface area contributed by atoms with Crippen LogP contribution in [0, 0.1) is 26.6 Å². The van der Waals surface area contributed by atoms with Crippen molar-refractivity contribution in [1.82, 2.24) is 9.97 Å². The molecule has 0 aliphatic rings. The van der Waals surface area contributed by atoms with Crippen molar-refractivity contribution in [3.05, 3.63) is 40.8 Å². The zero-order valence-corrected chi connectivity index (χ0v) is 11.0. The van der Waals surface area contributed by atoms with Gasteiger partial charge in [-0.25, -0.2) is 14.4 Å². The number of rotatable bonds is 2. The van der Waals surface area contributed by atoms with Crippen LogP contribution in [0.4, 0.5) is 10.2 Å². The molecule has 0 fully saturated rings. The fourth-order valence-corrected chi connectivity index (χ4v) is 1.87. The number of anilines is 1. The lowest BCUT2D eigenvalue weighted by Gasteiger charge is -2.11. The number of halogens is 1. The lowest BCUT2D eigenvalue weighted by Crippen LogP contribution is -2.03. The molecular weight excluding hydrogens is 229 g/mol. The molecular formula is C14H16FN3. The van der Waals surface area contributed by atoms with E-state index in [0.29, 0.717) is 5.82 Å². The minimum Gasteiger partial charge on any atom is -0.373 e. The van der Waals surface area contributed by atoms with Crippen molar-refractivity contribution in [2.75, 3.05) is 12.4 Å². The Morgan fingerprint density at radius 2 is 1.83 bits per heavy atom. The van der Waals surface area contributed by atoms with Gasteiger partial charge in [0, 0.05) is 23.9 Å². The molecule has 1 aromatic heterocycles. The van der Waals surface area contributed by atoms with Crippen molar-refractivity contribution in [2.45, 2.75) is 20.8 Å². The van der Waals surface area contributed by atoms with Gasteiger partial charge in [0.25, 0.3) is 0 Å². The summed E-state index contributed by atoms with van der Waals surface area (Å²) in [5.41, 5.74) is 3.64. The Hall–Kier alpha value is -1.97. The molecule has 0 radical (unpaired) electrons. The minimum absolute atomic E-state index is 0.242. The van der Waals surface area contributed by atoms with Crippen LogP contribution in [0.5, 0.6) is 0 Å². The Morgan fingerprint density at radius 1 is 1.11 bits per heavy atom. The first-order valence-corrected chi connectivity index (χ1v) is 5.82. The second-order valence-electron chi connectivity index (χ2n) is 4.32. The summed E-state index contributed by atoms with van der Waals surface area (Å²) in [6.07, 6.45) is 0. The smallest absolute Gasteiger partial charge is 0.162 e. The summed E-state index contributed by atoms with van der Waals surface area (Å²) in [7, 11) is 1.83. The first-order valence-electron chi connectivity index (χ1n) is 5.82. The molecule has 0 saturated carbocycles. The molecule has 0 saturated heterocycles. The largest absolute Gasteiger partial charge is 0.373 e. The van der Waals surface area contributed by atoms with Gasteiger partial charge in [0.15, 0.2) is 5.82 Å². The van der Waals surface area contributed by atoms with Gasteiger partial charge in [0.05, 0.1) is 0 Å². The monoisotopic (exact) mass is 245 g/mol. The second kappa shape index (κ2) is 4.72. The molecule has 4 heteroatoms. The highest BCUT2D eigenvalue weighted by Crippen LogP contribution is 2.24. The third-order valence-corrected chi connectivity index (χ3v) is 3.06. The van der Waals surface area contributed by atoms with Crippen LogP contribution in [0.1, 0.15) is 16.8 Å². The summed E-state index contributed by atoms with van der Waals surface area (Å²) in [4.78, 5) is 8.94. The van der Waals surface area contributed by atoms with Crippen molar-refractivity contribution in [2.24, 2.45) is 0 Å². The summed E-state index contributed by atoms with van der Waals surface area (Å²) in [5, 5.41) is 3.05. The normalized spacial score (nSPS) is 10.5. The summed E-state index contributed by atoms with van der Waals surface area (Å²) in [6.45, 7) is 5.78. The van der Waals surface area contributed by atoms with Crippen LogP contribution in [0.2, 0.25) is 0 Å². The molecule has 0 atom stereocenters. The van der Waals surface area contributed by atoms with Gasteiger partial charge in [-0.3, -0.25) is 0 Å². The number of aromatic nitrogens is 2. The maximum Gasteiger partial charge on any atom is 0.162 e. The van der Waals surface area contributed by atoms with Crippen LogP contribution in [0.3, 0.4) is 0 Å². The molecule has 94 valence electrons. The van der Waals surface area contributed by atoms with Crippen molar-refractivity contribution < 1.29 is 4.39 Å². The van der Waals surface area contributed by atoms with E-state index in [4.69, 9.17) is 0 Å². The summed E-state index contributed by atoms with van der Waals surface area (Å²) in [5.74, 6) is 1.19. The van der Waals surface area contributed by atoms with Crippen LogP contribution in [-0.4, -0.2) is 17.0 Å². The average Bonchev–Trinajstić information content (AvgIpc) is 2.32. The summed E-state index contributed by atoms with van der Waals surface area (Å²) in [6, 6.07) is 4.64. The predicted octanol–water partition coefficient (Wildman–Crippen LogP) is 3.25. The van der Waals surface area contributed by atoms with E-state index >= 15 is 0 Å². The molecule has 2 rings (SSSR count). The molecule has 0 aliphatic heterocycles. The van der Waals surface area contributed by atoms with E-state index < -0.39 is 0 Å². The molecule has 0 bridgehead atoms. The number of nitrogens with zero attached hydrogens (tertiary/aromatic N) is 2. The Labute approximate surface area is 106 Å². The van der Waals surface area contributed by atoms with E-state index in [9.17, 15) is 4.39 Å². The number of benzene rings is 1. The van der Waals surface area contributed by atoms with Crippen molar-refractivity contribution >= 4 is 5.82 Å². The van der Waals surface area contributed by atoms with E-state index in [0.717, 1.165) is 28.2 Å². The van der Waals surface area contributed by atoms with Crippen molar-refractivity contribution in [3.63, 3.8) is 0 Å². The van der Waals surface area contributed by atoms with Gasteiger partial charge < -0.3 is 5.32 Å². The highest BCUT2D eigenvalue weighted by molar-refractivity contribution is 5.63. The molecule has 0 spiro atoms. The maximum absolute atomic E-state index is 13.1. The van der Waals surface area contributed by atoms with E-state index in [2.05, 4.69) is 15.3 Å². The zero-order chi connectivity index (χ0) is 13.3. The third-order valence-electron chi connectivity index (χ3n) is 3.06. The fourth-order valence-electron chi connectivity index (χ4n) is 1.87. The molecule has 1 N–H and O–H groups in total. The topological polar surface area (TPSA) is 37.8 Å². The fraction of sp³-hybridized carbons (Fsp3) is 0.286. The minimum atomic E-state index is -0.242. The molecule has 18 heavy (non-hydrogen) atoms. The number of aryl methyl sites for hydroxylation is 2. The first-order chi connectivity index (χ1) is 8.52. The van der Waals surface area contributed by atoms with Gasteiger partial charge in [-0.1, -0.05) is 0 Å². The highest BCUT2D eigenvalue weighted by Gasteiger charge is 2.10. The van der Waals surface area contributed by atoms with Gasteiger partial charge in [0.1, 0.15) is 11.6 Å². The van der Waals surface area contributed by atoms with Crippen molar-refractivity contribution in [1.29, 1.82) is 0 Å². The number of nitrogens with one attached hydrogen (secondary N) is 1. The third kappa shape index (κ3) is 2.18. The van der Waals surface area contributed by atoms with Crippen LogP contribution < -0.4 is 5.32 Å². The lowest BCUT2D eigenvalue weighted by atomic mass is 10.1. The SMILES string of the molecule is CNc1nc(-c2ccc(F)cc2C)nc(C)c1C. The van der Waals surface area contributed by atoms with Gasteiger partial charge in [0.2, 0.25) is 0 Å². The van der Waals surface area contributed by atoms with E-state index in [1.807, 2.05) is 27.8 Å². The summed E-state index contributed by atoms with van der Waals surface area (Å²) >= 11 is 0. The molecule has 0 amide bonds. The van der Waals surface area contributed by atoms with E-state index in [1.165, 1.54) is 12.1 Å². The molecule has 0 unspecified atom stereocenters. The lowest BCUT2D eigenvalue weighted by molar-refractivity contribution is 0.627. The Balaban J connectivity index is 2.60. The number of hydrogen-bond acceptors (Lipinski definition) is 3. The highest BCUT2D eigenvalue weighted by atomic mass is 19.1. The molecule has 3 nitrogen and oxygen atoms in total. The molecule has 0 aliphatic carbocycles. The number of hydrogen-bond donors (Lipinski definition) is 1. The Morgan fingerprint density at radius 3 is 2.44 bits per heavy atom. The standard InChI is InChI=1S/C14H16FN3/c1-8-7-11(15)5-6-12(8)14-17-10(3)9(2)13(16-4)18-14/h5-7H,1-4H3,(H,16,17,18).